The number of thiophene rings is 1. The monoisotopic (exact) mass is 444 g/mol. The van der Waals surface area contributed by atoms with Crippen molar-refractivity contribution in [2.45, 2.75) is 57.2 Å². The van der Waals surface area contributed by atoms with E-state index in [0.717, 1.165) is 53.4 Å². The summed E-state index contributed by atoms with van der Waals surface area (Å²) < 4.78 is 8.75. The average Bonchev–Trinajstić information content (AvgIpc) is 3.50. The minimum absolute atomic E-state index is 0.0192. The second-order valence-electron chi connectivity index (χ2n) is 8.77. The lowest BCUT2D eigenvalue weighted by Crippen LogP contribution is -2.43. The van der Waals surface area contributed by atoms with Gasteiger partial charge < -0.3 is 24.4 Å². The molecule has 1 amide bonds. The number of carboxylic acid groups (broad SMARTS) is 1. The van der Waals surface area contributed by atoms with Gasteiger partial charge in [0.25, 0.3) is 0 Å². The van der Waals surface area contributed by atoms with E-state index in [9.17, 15) is 15.0 Å². The van der Waals surface area contributed by atoms with Crippen LogP contribution in [-0.2, 0) is 4.74 Å². The van der Waals surface area contributed by atoms with Gasteiger partial charge in [-0.25, -0.2) is 9.78 Å². The van der Waals surface area contributed by atoms with Crippen LogP contribution in [0.1, 0.15) is 57.0 Å². The maximum atomic E-state index is 11.8. The minimum Gasteiger partial charge on any atom is -0.465 e. The minimum atomic E-state index is -0.845. The summed E-state index contributed by atoms with van der Waals surface area (Å²) in [4.78, 5) is 22.6. The summed E-state index contributed by atoms with van der Waals surface area (Å²) in [6.45, 7) is 3.48. The highest BCUT2D eigenvalue weighted by Crippen LogP contribution is 2.39. The number of amides is 1. The van der Waals surface area contributed by atoms with Crippen LogP contribution in [0.3, 0.4) is 0 Å². The van der Waals surface area contributed by atoms with Crippen LogP contribution in [0.5, 0.6) is 0 Å². The number of fused-ring (bicyclic) bond motifs is 3. The molecule has 1 saturated heterocycles. The molecule has 5 rings (SSSR count). The van der Waals surface area contributed by atoms with Crippen LogP contribution in [0.15, 0.2) is 17.6 Å². The molecule has 8 nitrogen and oxygen atoms in total. The summed E-state index contributed by atoms with van der Waals surface area (Å²) in [6, 6.07) is 2.24. The number of aromatic nitrogens is 3. The molecule has 2 N–H and O–H groups in total. The number of rotatable bonds is 5. The fourth-order valence-electron chi connectivity index (χ4n) is 5.18. The first-order chi connectivity index (χ1) is 15.0. The van der Waals surface area contributed by atoms with Crippen molar-refractivity contribution in [1.29, 1.82) is 0 Å². The normalized spacial score (nSPS) is 25.3. The van der Waals surface area contributed by atoms with Crippen molar-refractivity contribution < 1.29 is 19.7 Å². The third-order valence-corrected chi connectivity index (χ3v) is 7.66. The number of imidazole rings is 1. The van der Waals surface area contributed by atoms with Crippen LogP contribution in [0.25, 0.3) is 21.3 Å². The first kappa shape index (κ1) is 20.7. The van der Waals surface area contributed by atoms with Crippen LogP contribution in [0.4, 0.5) is 4.79 Å². The second-order valence-corrected chi connectivity index (χ2v) is 9.69. The van der Waals surface area contributed by atoms with E-state index in [1.54, 1.807) is 29.4 Å². The highest BCUT2D eigenvalue weighted by molar-refractivity contribution is 7.18. The first-order valence-electron chi connectivity index (χ1n) is 11.0. The summed E-state index contributed by atoms with van der Waals surface area (Å²) in [5.41, 5.74) is 2.85. The molecule has 31 heavy (non-hydrogen) atoms. The van der Waals surface area contributed by atoms with E-state index in [2.05, 4.69) is 9.55 Å². The van der Waals surface area contributed by atoms with Gasteiger partial charge in [-0.15, -0.1) is 11.3 Å². The number of aliphatic hydroxyl groups excluding tert-OH is 1. The van der Waals surface area contributed by atoms with E-state index in [1.165, 1.54) is 0 Å². The zero-order chi connectivity index (χ0) is 21.5. The number of carbonyl (C=O) groups is 1. The van der Waals surface area contributed by atoms with Gasteiger partial charge in [0.2, 0.25) is 0 Å². The van der Waals surface area contributed by atoms with Crippen LogP contribution in [0, 0.1) is 5.92 Å². The van der Waals surface area contributed by atoms with E-state index in [1.807, 2.05) is 11.4 Å². The molecule has 0 spiro atoms. The van der Waals surface area contributed by atoms with Crippen molar-refractivity contribution in [3.63, 3.8) is 0 Å². The van der Waals surface area contributed by atoms with Gasteiger partial charge in [-0.2, -0.15) is 0 Å². The number of nitrogens with zero attached hydrogens (tertiary/aromatic N) is 4. The van der Waals surface area contributed by atoms with Gasteiger partial charge in [0.05, 0.1) is 34.6 Å². The fourth-order valence-corrected chi connectivity index (χ4v) is 6.06. The lowest BCUT2D eigenvalue weighted by atomic mass is 9.85. The Labute approximate surface area is 184 Å². The van der Waals surface area contributed by atoms with Crippen molar-refractivity contribution in [1.82, 2.24) is 19.4 Å². The summed E-state index contributed by atoms with van der Waals surface area (Å²) in [7, 11) is 0. The number of pyridine rings is 1. The van der Waals surface area contributed by atoms with Gasteiger partial charge in [-0.3, -0.25) is 4.98 Å². The van der Waals surface area contributed by atoms with Crippen molar-refractivity contribution in [2.75, 3.05) is 19.8 Å². The first-order valence-corrected chi connectivity index (χ1v) is 11.9. The molecule has 0 bridgehead atoms. The van der Waals surface area contributed by atoms with E-state index >= 15 is 0 Å². The molecule has 0 radical (unpaired) electrons. The van der Waals surface area contributed by atoms with Crippen molar-refractivity contribution in [3.05, 3.63) is 23.5 Å². The summed E-state index contributed by atoms with van der Waals surface area (Å²) in [5.74, 6) is 1.04. The predicted octanol–water partition coefficient (Wildman–Crippen LogP) is 4.20. The Morgan fingerprint density at radius 1 is 1.32 bits per heavy atom. The number of hydrogen-bond acceptors (Lipinski definition) is 6. The predicted molar refractivity (Wildman–Crippen MR) is 118 cm³/mol. The van der Waals surface area contributed by atoms with Crippen LogP contribution in [0.2, 0.25) is 0 Å². The molecule has 9 heteroatoms. The highest BCUT2D eigenvalue weighted by atomic mass is 32.1. The summed E-state index contributed by atoms with van der Waals surface area (Å²) in [6.07, 6.45) is 4.88. The van der Waals surface area contributed by atoms with Crippen LogP contribution >= 0.6 is 11.3 Å². The molecule has 2 aliphatic rings. The SMILES string of the molecule is C[C@@H](O)c1nc2cnc3ccsc3c2n1[C@H]1CC[C@H](CN(C(=O)O)C2CCOC2)CC1. The zero-order valence-electron chi connectivity index (χ0n) is 17.6. The summed E-state index contributed by atoms with van der Waals surface area (Å²) in [5, 5.41) is 22.2. The molecule has 2 fully saturated rings. The number of aliphatic hydroxyl groups is 1. The van der Waals surface area contributed by atoms with Crippen LogP contribution in [-0.4, -0.2) is 61.5 Å². The van der Waals surface area contributed by atoms with Gasteiger partial charge in [-0.1, -0.05) is 0 Å². The topological polar surface area (TPSA) is 101 Å². The van der Waals surface area contributed by atoms with Gasteiger partial charge in [0, 0.05) is 19.2 Å². The molecule has 1 aliphatic carbocycles. The average molecular weight is 445 g/mol. The van der Waals surface area contributed by atoms with E-state index in [-0.39, 0.29) is 12.1 Å². The Balaban J connectivity index is 1.38. The van der Waals surface area contributed by atoms with Crippen molar-refractivity contribution in [2.24, 2.45) is 5.92 Å². The van der Waals surface area contributed by atoms with Gasteiger partial charge >= 0.3 is 6.09 Å². The molecular formula is C22H28N4O4S. The van der Waals surface area contributed by atoms with E-state index < -0.39 is 12.2 Å². The van der Waals surface area contributed by atoms with Crippen LogP contribution < -0.4 is 0 Å². The molecule has 3 aromatic heterocycles. The molecular weight excluding hydrogens is 416 g/mol. The summed E-state index contributed by atoms with van der Waals surface area (Å²) >= 11 is 1.66. The number of hydrogen-bond donors (Lipinski definition) is 2. The molecule has 3 aromatic rings. The molecule has 1 unspecified atom stereocenters. The molecule has 2 atom stereocenters. The largest absolute Gasteiger partial charge is 0.465 e. The lowest BCUT2D eigenvalue weighted by molar-refractivity contribution is 0.0944. The molecule has 0 aromatic carbocycles. The third-order valence-electron chi connectivity index (χ3n) is 6.75. The maximum absolute atomic E-state index is 11.8. The van der Waals surface area contributed by atoms with E-state index in [0.29, 0.717) is 31.5 Å². The molecule has 166 valence electrons. The molecule has 1 aliphatic heterocycles. The highest BCUT2D eigenvalue weighted by Gasteiger charge is 2.33. The Hall–Kier alpha value is -2.23. The zero-order valence-corrected chi connectivity index (χ0v) is 18.4. The van der Waals surface area contributed by atoms with Gasteiger partial charge in [-0.05, 0) is 56.4 Å². The fraction of sp³-hybridized carbons (Fsp3) is 0.591. The van der Waals surface area contributed by atoms with Gasteiger partial charge in [0.15, 0.2) is 0 Å². The molecule has 4 heterocycles. The second kappa shape index (κ2) is 8.37. The van der Waals surface area contributed by atoms with Crippen molar-refractivity contribution >= 4 is 38.7 Å². The van der Waals surface area contributed by atoms with Crippen molar-refractivity contribution in [3.8, 4) is 0 Å². The van der Waals surface area contributed by atoms with Gasteiger partial charge in [0.1, 0.15) is 17.4 Å². The Morgan fingerprint density at radius 2 is 2.13 bits per heavy atom. The quantitative estimate of drug-likeness (QED) is 0.612. The maximum Gasteiger partial charge on any atom is 0.407 e. The molecule has 1 saturated carbocycles. The van der Waals surface area contributed by atoms with E-state index in [4.69, 9.17) is 9.72 Å². The standard InChI is InChI=1S/C22H28N4O4S/c1-13(27)21-24-18-10-23-17-7-9-31-20(17)19(18)26(21)15-4-2-14(3-5-15)11-25(22(28)29)16-6-8-30-12-16/h7,9-10,13-16,27H,2-6,8,11-12H2,1H3,(H,28,29)/t13-,14-,15-,16?/m1/s1. The third kappa shape index (κ3) is 3.79. The lowest BCUT2D eigenvalue weighted by Gasteiger charge is -2.35. The number of ether oxygens (including phenoxy) is 1. The Kier molecular flexibility index (Phi) is 5.58. The Morgan fingerprint density at radius 3 is 2.81 bits per heavy atom. The Bertz CT molecular complexity index is 1080. The smallest absolute Gasteiger partial charge is 0.407 e.